The largest absolute Gasteiger partial charge is 0.488 e. The van der Waals surface area contributed by atoms with Gasteiger partial charge in [-0.1, -0.05) is 84.1 Å². The predicted molar refractivity (Wildman–Crippen MR) is 130 cm³/mol. The average Bonchev–Trinajstić information content (AvgIpc) is 3.34. The molecule has 0 N–H and O–H groups in total. The van der Waals surface area contributed by atoms with Gasteiger partial charge in [0, 0.05) is 5.56 Å². The number of nitrogens with zero attached hydrogens (tertiary/aromatic N) is 2. The molecule has 0 aliphatic heterocycles. The van der Waals surface area contributed by atoms with E-state index in [1.165, 1.54) is 22.1 Å². The number of aromatic nitrogens is 2. The van der Waals surface area contributed by atoms with Crippen LogP contribution in [0.5, 0.6) is 5.75 Å². The Balaban J connectivity index is 1.39. The van der Waals surface area contributed by atoms with Crippen molar-refractivity contribution in [2.24, 2.45) is 0 Å². The SMILES string of the molecule is O=c1/c(=C/c2ccccc2OCc2cccc3ccccc23)sc2nc3ccccc3n12. The fraction of sp³-hybridized carbons (Fsp3) is 0.0370. The first-order valence-corrected chi connectivity index (χ1v) is 11.2. The van der Waals surface area contributed by atoms with Crippen molar-refractivity contribution in [2.75, 3.05) is 0 Å². The predicted octanol–water partition coefficient (Wildman–Crippen LogP) is 5.19. The Morgan fingerprint density at radius 3 is 2.62 bits per heavy atom. The molecule has 32 heavy (non-hydrogen) atoms. The number of fused-ring (bicyclic) bond motifs is 4. The van der Waals surface area contributed by atoms with Gasteiger partial charge in [0.2, 0.25) is 0 Å². The molecule has 0 saturated carbocycles. The van der Waals surface area contributed by atoms with Crippen LogP contribution in [0.3, 0.4) is 0 Å². The van der Waals surface area contributed by atoms with E-state index in [1.54, 1.807) is 4.40 Å². The summed E-state index contributed by atoms with van der Waals surface area (Å²) in [5.74, 6) is 0.746. The molecule has 154 valence electrons. The van der Waals surface area contributed by atoms with Crippen molar-refractivity contribution in [2.45, 2.75) is 6.61 Å². The van der Waals surface area contributed by atoms with E-state index < -0.39 is 0 Å². The molecule has 6 rings (SSSR count). The highest BCUT2D eigenvalue weighted by atomic mass is 32.1. The van der Waals surface area contributed by atoms with Gasteiger partial charge in [-0.3, -0.25) is 4.79 Å². The van der Waals surface area contributed by atoms with Crippen LogP contribution >= 0.6 is 11.3 Å². The molecule has 2 heterocycles. The monoisotopic (exact) mass is 434 g/mol. The lowest BCUT2D eigenvalue weighted by atomic mass is 10.1. The second-order valence-electron chi connectivity index (χ2n) is 7.60. The summed E-state index contributed by atoms with van der Waals surface area (Å²) >= 11 is 1.40. The van der Waals surface area contributed by atoms with Crippen LogP contribution in [-0.2, 0) is 6.61 Å². The standard InChI is InChI=1S/C27H18N2O2S/c30-26-25(32-27-28-22-13-4-5-14-23(22)29(26)27)16-19-9-2-6-15-24(19)31-17-20-11-7-10-18-8-1-3-12-21(18)20/h1-16H,17H2/b25-16-. The van der Waals surface area contributed by atoms with Gasteiger partial charge in [-0.2, -0.15) is 0 Å². The molecular weight excluding hydrogens is 416 g/mol. The van der Waals surface area contributed by atoms with Crippen LogP contribution in [0.15, 0.2) is 95.8 Å². The van der Waals surface area contributed by atoms with E-state index in [-0.39, 0.29) is 5.56 Å². The smallest absolute Gasteiger partial charge is 0.274 e. The van der Waals surface area contributed by atoms with E-state index >= 15 is 0 Å². The first-order valence-electron chi connectivity index (χ1n) is 10.4. The van der Waals surface area contributed by atoms with Gasteiger partial charge in [0.1, 0.15) is 12.4 Å². The summed E-state index contributed by atoms with van der Waals surface area (Å²) in [6.45, 7) is 0.453. The molecule has 0 fully saturated rings. The van der Waals surface area contributed by atoms with Gasteiger partial charge in [-0.25, -0.2) is 9.38 Å². The third kappa shape index (κ3) is 3.15. The van der Waals surface area contributed by atoms with Crippen LogP contribution in [0.1, 0.15) is 11.1 Å². The highest BCUT2D eigenvalue weighted by Gasteiger charge is 2.11. The quantitative estimate of drug-likeness (QED) is 0.384. The average molecular weight is 435 g/mol. The molecule has 0 bridgehead atoms. The molecule has 4 nitrogen and oxygen atoms in total. The van der Waals surface area contributed by atoms with Crippen molar-refractivity contribution in [3.63, 3.8) is 0 Å². The maximum absolute atomic E-state index is 13.1. The summed E-state index contributed by atoms with van der Waals surface area (Å²) in [6.07, 6.45) is 1.90. The van der Waals surface area contributed by atoms with E-state index in [4.69, 9.17) is 4.74 Å². The molecule has 0 amide bonds. The maximum Gasteiger partial charge on any atom is 0.274 e. The van der Waals surface area contributed by atoms with Crippen LogP contribution in [0.4, 0.5) is 0 Å². The molecule has 0 atom stereocenters. The Kier molecular flexibility index (Phi) is 4.47. The fourth-order valence-corrected chi connectivity index (χ4v) is 5.04. The number of hydrogen-bond donors (Lipinski definition) is 0. The van der Waals surface area contributed by atoms with E-state index in [0.29, 0.717) is 16.1 Å². The number of benzene rings is 4. The molecule has 0 unspecified atom stereocenters. The molecule has 0 aliphatic carbocycles. The van der Waals surface area contributed by atoms with Crippen molar-refractivity contribution >= 4 is 44.2 Å². The number of ether oxygens (including phenoxy) is 1. The van der Waals surface area contributed by atoms with Crippen LogP contribution in [0.2, 0.25) is 0 Å². The van der Waals surface area contributed by atoms with E-state index in [9.17, 15) is 4.79 Å². The van der Waals surface area contributed by atoms with Crippen molar-refractivity contribution in [3.05, 3.63) is 117 Å². The Bertz CT molecular complexity index is 1710. The lowest BCUT2D eigenvalue weighted by molar-refractivity contribution is 0.307. The zero-order valence-corrected chi connectivity index (χ0v) is 17.9. The Labute approximate surface area is 187 Å². The molecule has 6 aromatic rings. The van der Waals surface area contributed by atoms with Crippen LogP contribution < -0.4 is 14.8 Å². The number of rotatable bonds is 4. The third-order valence-corrected chi connectivity index (χ3v) is 6.58. The summed E-state index contributed by atoms with van der Waals surface area (Å²) in [5.41, 5.74) is 3.62. The fourth-order valence-electron chi connectivity index (χ4n) is 4.06. The van der Waals surface area contributed by atoms with E-state index in [2.05, 4.69) is 35.3 Å². The van der Waals surface area contributed by atoms with Crippen LogP contribution in [0, 0.1) is 0 Å². The summed E-state index contributed by atoms with van der Waals surface area (Å²) < 4.78 is 8.54. The number of imidazole rings is 1. The van der Waals surface area contributed by atoms with Gasteiger partial charge in [0.25, 0.3) is 5.56 Å². The lowest BCUT2D eigenvalue weighted by Gasteiger charge is -2.11. The summed E-state index contributed by atoms with van der Waals surface area (Å²) in [6, 6.07) is 30.1. The molecule has 0 radical (unpaired) electrons. The highest BCUT2D eigenvalue weighted by molar-refractivity contribution is 7.15. The molecular formula is C27H18N2O2S. The van der Waals surface area contributed by atoms with Gasteiger partial charge in [-0.15, -0.1) is 0 Å². The molecule has 5 heteroatoms. The highest BCUT2D eigenvalue weighted by Crippen LogP contribution is 2.24. The Morgan fingerprint density at radius 2 is 1.66 bits per heavy atom. The van der Waals surface area contributed by atoms with Crippen molar-refractivity contribution in [3.8, 4) is 5.75 Å². The number of para-hydroxylation sites is 3. The minimum atomic E-state index is -0.0532. The van der Waals surface area contributed by atoms with E-state index in [0.717, 1.165) is 27.9 Å². The van der Waals surface area contributed by atoms with Crippen LogP contribution in [0.25, 0.3) is 32.8 Å². The van der Waals surface area contributed by atoms with Crippen LogP contribution in [-0.4, -0.2) is 9.38 Å². The lowest BCUT2D eigenvalue weighted by Crippen LogP contribution is -2.22. The Hall–Kier alpha value is -3.96. The molecule has 2 aromatic heterocycles. The van der Waals surface area contributed by atoms with Crippen molar-refractivity contribution < 1.29 is 4.74 Å². The van der Waals surface area contributed by atoms with Gasteiger partial charge >= 0.3 is 0 Å². The minimum Gasteiger partial charge on any atom is -0.488 e. The third-order valence-electron chi connectivity index (χ3n) is 5.61. The van der Waals surface area contributed by atoms with Gasteiger partial charge in [0.15, 0.2) is 4.96 Å². The second kappa shape index (κ2) is 7.62. The van der Waals surface area contributed by atoms with Crippen molar-refractivity contribution in [1.29, 1.82) is 0 Å². The molecule has 0 aliphatic rings. The first-order chi connectivity index (χ1) is 15.8. The summed E-state index contributed by atoms with van der Waals surface area (Å²) in [5, 5.41) is 2.38. The minimum absolute atomic E-state index is 0.0532. The first kappa shape index (κ1) is 18.8. The Morgan fingerprint density at radius 1 is 0.875 bits per heavy atom. The second-order valence-corrected chi connectivity index (χ2v) is 8.61. The van der Waals surface area contributed by atoms with Crippen molar-refractivity contribution in [1.82, 2.24) is 9.38 Å². The normalized spacial score (nSPS) is 12.2. The molecule has 4 aromatic carbocycles. The topological polar surface area (TPSA) is 43.6 Å². The van der Waals surface area contributed by atoms with Gasteiger partial charge in [-0.05, 0) is 40.6 Å². The number of thiazole rings is 1. The maximum atomic E-state index is 13.1. The summed E-state index contributed by atoms with van der Waals surface area (Å²) in [4.78, 5) is 18.4. The van der Waals surface area contributed by atoms with Gasteiger partial charge < -0.3 is 4.74 Å². The van der Waals surface area contributed by atoms with E-state index in [1.807, 2.05) is 66.7 Å². The molecule has 0 saturated heterocycles. The zero-order chi connectivity index (χ0) is 21.5. The molecule has 0 spiro atoms. The summed E-state index contributed by atoms with van der Waals surface area (Å²) in [7, 11) is 0. The number of hydrogen-bond acceptors (Lipinski definition) is 4. The zero-order valence-electron chi connectivity index (χ0n) is 17.1. The van der Waals surface area contributed by atoms with Gasteiger partial charge in [0.05, 0.1) is 15.6 Å².